The first-order valence-corrected chi connectivity index (χ1v) is 7.94. The minimum Gasteiger partial charge on any atom is -0.390 e. The van der Waals surface area contributed by atoms with Gasteiger partial charge in [-0.05, 0) is 49.5 Å². The molecule has 0 radical (unpaired) electrons. The van der Waals surface area contributed by atoms with E-state index in [1.807, 2.05) is 12.1 Å². The van der Waals surface area contributed by atoms with Crippen LogP contribution < -0.4 is 10.6 Å². The number of carbonyl (C=O) groups is 1. The molecular weight excluding hydrogens is 280 g/mol. The van der Waals surface area contributed by atoms with Crippen molar-refractivity contribution in [2.24, 2.45) is 5.92 Å². The lowest BCUT2D eigenvalue weighted by Gasteiger charge is -2.31. The predicted molar refractivity (Wildman–Crippen MR) is 85.3 cm³/mol. The van der Waals surface area contributed by atoms with Crippen molar-refractivity contribution < 1.29 is 9.90 Å². The van der Waals surface area contributed by atoms with Crippen molar-refractivity contribution in [2.75, 3.05) is 26.2 Å². The normalized spacial score (nSPS) is 17.9. The van der Waals surface area contributed by atoms with E-state index in [-0.39, 0.29) is 12.6 Å². The lowest BCUT2D eigenvalue weighted by molar-refractivity contribution is 0.0920. The lowest BCUT2D eigenvalue weighted by atomic mass is 9.99. The summed E-state index contributed by atoms with van der Waals surface area (Å²) >= 11 is 0. The minimum atomic E-state index is -0.528. The molecule has 2 rings (SSSR count). The van der Waals surface area contributed by atoms with Crippen LogP contribution in [-0.2, 0) is 6.54 Å². The molecule has 0 unspecified atom stereocenters. The molecule has 2 heterocycles. The number of hydrogen-bond donors (Lipinski definition) is 3. The Morgan fingerprint density at radius 1 is 1.36 bits per heavy atom. The molecule has 1 aliphatic heterocycles. The van der Waals surface area contributed by atoms with Crippen molar-refractivity contribution in [1.82, 2.24) is 20.5 Å². The first-order chi connectivity index (χ1) is 10.6. The fraction of sp³-hybridized carbons (Fsp3) is 0.625. The van der Waals surface area contributed by atoms with E-state index in [0.29, 0.717) is 13.1 Å². The molecule has 0 bridgehead atoms. The molecule has 0 spiro atoms. The van der Waals surface area contributed by atoms with Crippen LogP contribution >= 0.6 is 0 Å². The molecule has 6 nitrogen and oxygen atoms in total. The highest BCUT2D eigenvalue weighted by molar-refractivity contribution is 5.73. The largest absolute Gasteiger partial charge is 0.390 e. The Morgan fingerprint density at radius 2 is 2.05 bits per heavy atom. The molecule has 1 aromatic heterocycles. The van der Waals surface area contributed by atoms with Gasteiger partial charge >= 0.3 is 6.03 Å². The van der Waals surface area contributed by atoms with Gasteiger partial charge in [0, 0.05) is 32.0 Å². The maximum absolute atomic E-state index is 11.7. The third-order valence-corrected chi connectivity index (χ3v) is 4.05. The van der Waals surface area contributed by atoms with Crippen molar-refractivity contribution in [3.05, 3.63) is 30.1 Å². The van der Waals surface area contributed by atoms with Gasteiger partial charge in [-0.3, -0.25) is 4.98 Å². The summed E-state index contributed by atoms with van der Waals surface area (Å²) in [6.45, 7) is 5.68. The van der Waals surface area contributed by atoms with Crippen LogP contribution in [0.15, 0.2) is 24.5 Å². The van der Waals surface area contributed by atoms with E-state index in [2.05, 4.69) is 27.4 Å². The molecule has 6 heteroatoms. The number of carbonyl (C=O) groups excluding carboxylic acids is 1. The van der Waals surface area contributed by atoms with E-state index in [1.54, 1.807) is 12.4 Å². The molecule has 0 aliphatic carbocycles. The number of β-amino-alcohol motifs (C(OH)–C–C–N with tert-alkyl or cyclic N) is 1. The molecule has 1 aromatic rings. The molecule has 1 saturated heterocycles. The van der Waals surface area contributed by atoms with Gasteiger partial charge in [0.15, 0.2) is 0 Å². The quantitative estimate of drug-likeness (QED) is 0.732. The number of hydrogen-bond acceptors (Lipinski definition) is 4. The number of aliphatic hydroxyl groups is 1. The number of amides is 2. The van der Waals surface area contributed by atoms with Crippen molar-refractivity contribution in [3.63, 3.8) is 0 Å². The van der Waals surface area contributed by atoms with Crippen molar-refractivity contribution >= 4 is 6.03 Å². The second-order valence-electron chi connectivity index (χ2n) is 6.06. The summed E-state index contributed by atoms with van der Waals surface area (Å²) in [7, 11) is 0. The van der Waals surface area contributed by atoms with Gasteiger partial charge in [0.25, 0.3) is 0 Å². The first-order valence-electron chi connectivity index (χ1n) is 7.94. The predicted octanol–water partition coefficient (Wildman–Crippen LogP) is 0.974. The van der Waals surface area contributed by atoms with Gasteiger partial charge in [0.05, 0.1) is 6.10 Å². The number of nitrogens with zero attached hydrogens (tertiary/aromatic N) is 2. The maximum atomic E-state index is 11.7. The Labute approximate surface area is 131 Å². The zero-order valence-corrected chi connectivity index (χ0v) is 13.2. The highest BCUT2D eigenvalue weighted by atomic mass is 16.3. The van der Waals surface area contributed by atoms with Gasteiger partial charge in [-0.2, -0.15) is 0 Å². The average Bonchev–Trinajstić information content (AvgIpc) is 2.54. The Balaban J connectivity index is 1.59. The van der Waals surface area contributed by atoms with Crippen molar-refractivity contribution in [1.29, 1.82) is 0 Å². The molecular formula is C16H26N4O2. The van der Waals surface area contributed by atoms with Crippen molar-refractivity contribution in [2.45, 2.75) is 32.4 Å². The van der Waals surface area contributed by atoms with Crippen LogP contribution in [0.3, 0.4) is 0 Å². The van der Waals surface area contributed by atoms with Gasteiger partial charge in [-0.1, -0.05) is 6.92 Å². The van der Waals surface area contributed by atoms with E-state index in [9.17, 15) is 9.90 Å². The zero-order valence-electron chi connectivity index (χ0n) is 13.2. The molecule has 1 aliphatic rings. The Kier molecular flexibility index (Phi) is 6.61. The fourth-order valence-corrected chi connectivity index (χ4v) is 2.56. The number of pyridine rings is 1. The summed E-state index contributed by atoms with van der Waals surface area (Å²) < 4.78 is 0. The highest BCUT2D eigenvalue weighted by Gasteiger charge is 2.18. The topological polar surface area (TPSA) is 77.5 Å². The van der Waals surface area contributed by atoms with Crippen LogP contribution in [0, 0.1) is 5.92 Å². The van der Waals surface area contributed by atoms with Crippen LogP contribution in [0.25, 0.3) is 0 Å². The van der Waals surface area contributed by atoms with Gasteiger partial charge in [0.2, 0.25) is 0 Å². The third-order valence-electron chi connectivity index (χ3n) is 4.05. The zero-order chi connectivity index (χ0) is 15.8. The number of nitrogens with one attached hydrogen (secondary N) is 2. The standard InChI is InChI=1S/C16H26N4O2/c1-13-4-8-20(9-5-13)12-15(21)11-19-16(22)18-10-14-2-6-17-7-3-14/h2-3,6-7,13,15,21H,4-5,8-12H2,1H3,(H2,18,19,22)/t15-/m0/s1. The van der Waals surface area contributed by atoms with E-state index >= 15 is 0 Å². The number of aliphatic hydroxyl groups excluding tert-OH is 1. The molecule has 0 aromatic carbocycles. The number of piperidine rings is 1. The summed E-state index contributed by atoms with van der Waals surface area (Å²) in [4.78, 5) is 17.9. The second-order valence-corrected chi connectivity index (χ2v) is 6.06. The van der Waals surface area contributed by atoms with Crippen LogP contribution in [0.4, 0.5) is 4.79 Å². The summed E-state index contributed by atoms with van der Waals surface area (Å²) in [6.07, 6.45) is 5.23. The number of likely N-dealkylation sites (tertiary alicyclic amines) is 1. The Morgan fingerprint density at radius 3 is 2.73 bits per heavy atom. The molecule has 1 fully saturated rings. The van der Waals surface area contributed by atoms with Crippen LogP contribution in [0.2, 0.25) is 0 Å². The summed E-state index contributed by atoms with van der Waals surface area (Å²) in [6, 6.07) is 3.45. The van der Waals surface area contributed by atoms with Crippen molar-refractivity contribution in [3.8, 4) is 0 Å². The Bertz CT molecular complexity index is 447. The molecule has 2 amide bonds. The minimum absolute atomic E-state index is 0.261. The number of aromatic nitrogens is 1. The highest BCUT2D eigenvalue weighted by Crippen LogP contribution is 2.15. The molecule has 122 valence electrons. The molecule has 1 atom stereocenters. The third kappa shape index (κ3) is 5.99. The Hall–Kier alpha value is -1.66. The molecule has 22 heavy (non-hydrogen) atoms. The maximum Gasteiger partial charge on any atom is 0.315 e. The lowest BCUT2D eigenvalue weighted by Crippen LogP contribution is -2.45. The smallest absolute Gasteiger partial charge is 0.315 e. The summed E-state index contributed by atoms with van der Waals surface area (Å²) in [5.74, 6) is 0.783. The summed E-state index contributed by atoms with van der Waals surface area (Å²) in [5, 5.41) is 15.5. The van der Waals surface area contributed by atoms with Crippen LogP contribution in [0.5, 0.6) is 0 Å². The molecule has 0 saturated carbocycles. The van der Waals surface area contributed by atoms with Gasteiger partial charge in [-0.15, -0.1) is 0 Å². The van der Waals surface area contributed by atoms with Gasteiger partial charge < -0.3 is 20.6 Å². The first kappa shape index (κ1) is 16.7. The SMILES string of the molecule is CC1CCN(C[C@@H](O)CNC(=O)NCc2ccncc2)CC1. The average molecular weight is 306 g/mol. The fourth-order valence-electron chi connectivity index (χ4n) is 2.56. The van der Waals surface area contributed by atoms with E-state index in [1.165, 1.54) is 12.8 Å². The van der Waals surface area contributed by atoms with Gasteiger partial charge in [0.1, 0.15) is 0 Å². The number of rotatable bonds is 6. The summed E-state index contributed by atoms with van der Waals surface area (Å²) in [5.41, 5.74) is 0.994. The second kappa shape index (κ2) is 8.70. The van der Waals surface area contributed by atoms with E-state index in [0.717, 1.165) is 24.6 Å². The van der Waals surface area contributed by atoms with Gasteiger partial charge in [-0.25, -0.2) is 4.79 Å². The van der Waals surface area contributed by atoms with Crippen LogP contribution in [0.1, 0.15) is 25.3 Å². The van der Waals surface area contributed by atoms with Crippen LogP contribution in [-0.4, -0.2) is 53.3 Å². The number of urea groups is 1. The van der Waals surface area contributed by atoms with E-state index in [4.69, 9.17) is 0 Å². The molecule has 3 N–H and O–H groups in total. The monoisotopic (exact) mass is 306 g/mol. The van der Waals surface area contributed by atoms with E-state index < -0.39 is 6.10 Å².